The molecule has 3 aromatic rings. The van der Waals surface area contributed by atoms with Crippen molar-refractivity contribution < 1.29 is 9.15 Å². The van der Waals surface area contributed by atoms with Gasteiger partial charge in [0.1, 0.15) is 17.0 Å². The van der Waals surface area contributed by atoms with Crippen molar-refractivity contribution >= 4 is 38.3 Å². The lowest BCUT2D eigenvalue weighted by molar-refractivity contribution is 0.306. The first-order valence-electron chi connectivity index (χ1n) is 8.39. The van der Waals surface area contributed by atoms with Crippen molar-refractivity contribution in [2.75, 3.05) is 11.9 Å². The lowest BCUT2D eigenvalue weighted by Crippen LogP contribution is -2.06. The molecule has 0 atom stereocenters. The van der Waals surface area contributed by atoms with Crippen molar-refractivity contribution in [2.24, 2.45) is 0 Å². The highest BCUT2D eigenvalue weighted by molar-refractivity contribution is 9.10. The highest BCUT2D eigenvalue weighted by Crippen LogP contribution is 2.23. The van der Waals surface area contributed by atoms with Crippen LogP contribution in [0.25, 0.3) is 11.0 Å². The predicted molar refractivity (Wildman–Crippen MR) is 105 cm³/mol. The fraction of sp³-hybridized carbons (Fsp3) is 0.250. The van der Waals surface area contributed by atoms with Crippen LogP contribution in [0.3, 0.4) is 0 Å². The molecule has 0 bridgehead atoms. The Morgan fingerprint density at radius 1 is 1.08 bits per heavy atom. The third kappa shape index (κ3) is 4.63. The van der Waals surface area contributed by atoms with Gasteiger partial charge in [0.25, 0.3) is 0 Å². The average Bonchev–Trinajstić information content (AvgIpc) is 2.61. The number of fused-ring (bicyclic) bond motifs is 1. The van der Waals surface area contributed by atoms with E-state index in [-0.39, 0.29) is 0 Å². The fourth-order valence-electron chi connectivity index (χ4n) is 2.51. The summed E-state index contributed by atoms with van der Waals surface area (Å²) in [6.45, 7) is 2.90. The molecule has 4 nitrogen and oxygen atoms in total. The van der Waals surface area contributed by atoms with Crippen molar-refractivity contribution in [3.8, 4) is 5.75 Å². The summed E-state index contributed by atoms with van der Waals surface area (Å²) in [5.74, 6) is 0.830. The monoisotopic (exact) mass is 401 g/mol. The molecule has 0 radical (unpaired) electrons. The van der Waals surface area contributed by atoms with Crippen LogP contribution in [0.15, 0.2) is 62.2 Å². The van der Waals surface area contributed by atoms with E-state index in [2.05, 4.69) is 28.2 Å². The summed E-state index contributed by atoms with van der Waals surface area (Å²) in [6, 6.07) is 14.9. The van der Waals surface area contributed by atoms with Gasteiger partial charge in [-0.1, -0.05) is 35.7 Å². The van der Waals surface area contributed by atoms with Gasteiger partial charge < -0.3 is 14.5 Å². The average molecular weight is 402 g/mol. The van der Waals surface area contributed by atoms with E-state index in [1.54, 1.807) is 12.1 Å². The van der Waals surface area contributed by atoms with Crippen LogP contribution in [-0.2, 0) is 0 Å². The van der Waals surface area contributed by atoms with Gasteiger partial charge in [-0.2, -0.15) is 0 Å². The number of hydrogen-bond acceptors (Lipinski definition) is 4. The summed E-state index contributed by atoms with van der Waals surface area (Å²) in [4.78, 5) is 12.1. The molecule has 1 aromatic heterocycles. The number of hydrogen-bond donors (Lipinski definition) is 1. The molecule has 0 aliphatic carbocycles. The largest absolute Gasteiger partial charge is 0.494 e. The van der Waals surface area contributed by atoms with E-state index >= 15 is 0 Å². The molecular formula is C20H20BrNO3. The van der Waals surface area contributed by atoms with E-state index in [1.807, 2.05) is 36.4 Å². The fourth-order valence-corrected chi connectivity index (χ4v) is 2.89. The maximum absolute atomic E-state index is 12.1. The Morgan fingerprint density at radius 2 is 1.88 bits per heavy atom. The van der Waals surface area contributed by atoms with Gasteiger partial charge in [0.05, 0.1) is 6.61 Å². The second kappa shape index (κ2) is 8.21. The van der Waals surface area contributed by atoms with Crippen molar-refractivity contribution in [1.29, 1.82) is 0 Å². The molecule has 0 fully saturated rings. The van der Waals surface area contributed by atoms with Gasteiger partial charge in [0.2, 0.25) is 0 Å². The van der Waals surface area contributed by atoms with E-state index in [0.29, 0.717) is 11.3 Å². The summed E-state index contributed by atoms with van der Waals surface area (Å²) in [5, 5.41) is 3.96. The topological polar surface area (TPSA) is 51.5 Å². The zero-order valence-corrected chi connectivity index (χ0v) is 15.6. The molecule has 0 saturated carbocycles. The van der Waals surface area contributed by atoms with E-state index < -0.39 is 5.63 Å². The maximum atomic E-state index is 12.1. The van der Waals surface area contributed by atoms with E-state index in [9.17, 15) is 4.79 Å². The molecule has 3 rings (SSSR count). The second-order valence-corrected chi connectivity index (χ2v) is 6.75. The number of nitrogens with one attached hydrogen (secondary N) is 1. The third-order valence-corrected chi connectivity index (χ3v) is 4.34. The molecule has 0 unspecified atom stereocenters. The van der Waals surface area contributed by atoms with Crippen LogP contribution in [0.5, 0.6) is 5.75 Å². The number of rotatable bonds is 7. The van der Waals surface area contributed by atoms with E-state index in [4.69, 9.17) is 9.15 Å². The smallest absolute Gasteiger partial charge is 0.360 e. The summed E-state index contributed by atoms with van der Waals surface area (Å²) in [6.07, 6.45) is 3.41. The summed E-state index contributed by atoms with van der Waals surface area (Å²) < 4.78 is 12.0. The second-order valence-electron chi connectivity index (χ2n) is 5.83. The molecule has 0 amide bonds. The molecule has 0 aliphatic rings. The number of anilines is 2. The minimum absolute atomic E-state index is 0.394. The van der Waals surface area contributed by atoms with Gasteiger partial charge >= 0.3 is 5.63 Å². The molecule has 130 valence electrons. The van der Waals surface area contributed by atoms with Crippen LogP contribution in [0, 0.1) is 0 Å². The Bertz CT molecular complexity index is 903. The third-order valence-electron chi connectivity index (χ3n) is 3.84. The minimum atomic E-state index is -0.394. The Morgan fingerprint density at radius 3 is 2.64 bits per heavy atom. The number of benzene rings is 2. The first-order valence-corrected chi connectivity index (χ1v) is 9.18. The molecule has 1 N–H and O–H groups in total. The van der Waals surface area contributed by atoms with Crippen molar-refractivity contribution in [3.63, 3.8) is 0 Å². The number of unbranched alkanes of at least 4 members (excludes halogenated alkanes) is 2. The SMILES string of the molecule is CCCCCOc1ccc(Nc2cc3cc(Br)ccc3oc2=O)cc1. The Balaban J connectivity index is 1.72. The number of ether oxygens (including phenoxy) is 1. The van der Waals surface area contributed by atoms with Gasteiger partial charge in [-0.15, -0.1) is 0 Å². The first-order chi connectivity index (χ1) is 12.2. The quantitative estimate of drug-likeness (QED) is 0.397. The zero-order valence-electron chi connectivity index (χ0n) is 14.0. The van der Waals surface area contributed by atoms with Crippen LogP contribution in [-0.4, -0.2) is 6.61 Å². The summed E-state index contributed by atoms with van der Waals surface area (Å²) in [5.41, 5.74) is 1.38. The van der Waals surface area contributed by atoms with Crippen LogP contribution >= 0.6 is 15.9 Å². The molecule has 0 saturated heterocycles. The molecule has 0 spiro atoms. The molecule has 5 heteroatoms. The Hall–Kier alpha value is -2.27. The van der Waals surface area contributed by atoms with Crippen molar-refractivity contribution in [1.82, 2.24) is 0 Å². The molecule has 1 heterocycles. The lowest BCUT2D eigenvalue weighted by atomic mass is 10.2. The van der Waals surface area contributed by atoms with Gasteiger partial charge in [-0.25, -0.2) is 4.79 Å². The molecule has 25 heavy (non-hydrogen) atoms. The standard InChI is InChI=1S/C20H20BrNO3/c1-2-3-4-11-24-17-8-6-16(7-9-17)22-18-13-14-12-15(21)5-10-19(14)25-20(18)23/h5-10,12-13,22H,2-4,11H2,1H3. The minimum Gasteiger partial charge on any atom is -0.494 e. The predicted octanol–water partition coefficient (Wildman–Crippen LogP) is 5.87. The highest BCUT2D eigenvalue weighted by atomic mass is 79.9. The van der Waals surface area contributed by atoms with E-state index in [0.717, 1.165) is 34.3 Å². The Kier molecular flexibility index (Phi) is 5.76. The molecular weight excluding hydrogens is 382 g/mol. The molecule has 2 aromatic carbocycles. The van der Waals surface area contributed by atoms with Crippen LogP contribution in [0.2, 0.25) is 0 Å². The summed E-state index contributed by atoms with van der Waals surface area (Å²) >= 11 is 3.43. The zero-order chi connectivity index (χ0) is 17.6. The number of halogens is 1. The van der Waals surface area contributed by atoms with Gasteiger partial charge in [-0.3, -0.25) is 0 Å². The summed E-state index contributed by atoms with van der Waals surface area (Å²) in [7, 11) is 0. The van der Waals surface area contributed by atoms with Gasteiger partial charge in [0.15, 0.2) is 0 Å². The van der Waals surface area contributed by atoms with Crippen LogP contribution < -0.4 is 15.7 Å². The highest BCUT2D eigenvalue weighted by Gasteiger charge is 2.06. The van der Waals surface area contributed by atoms with E-state index in [1.165, 1.54) is 12.8 Å². The first kappa shape index (κ1) is 17.5. The van der Waals surface area contributed by atoms with Crippen LogP contribution in [0.1, 0.15) is 26.2 Å². The lowest BCUT2D eigenvalue weighted by Gasteiger charge is -2.09. The van der Waals surface area contributed by atoms with Crippen molar-refractivity contribution in [3.05, 3.63) is 63.4 Å². The maximum Gasteiger partial charge on any atom is 0.360 e. The van der Waals surface area contributed by atoms with Gasteiger partial charge in [-0.05, 0) is 55.0 Å². The normalized spacial score (nSPS) is 10.8. The Labute approximate surface area is 154 Å². The van der Waals surface area contributed by atoms with Crippen molar-refractivity contribution in [2.45, 2.75) is 26.2 Å². The van der Waals surface area contributed by atoms with Gasteiger partial charge in [0, 0.05) is 15.5 Å². The van der Waals surface area contributed by atoms with Crippen LogP contribution in [0.4, 0.5) is 11.4 Å². The molecule has 0 aliphatic heterocycles.